The smallest absolute Gasteiger partial charge is 0.354 e. The van der Waals surface area contributed by atoms with Crippen LogP contribution in [0.3, 0.4) is 0 Å². The topological polar surface area (TPSA) is 119 Å². The summed E-state index contributed by atoms with van der Waals surface area (Å²) >= 11 is 6.24. The van der Waals surface area contributed by atoms with Gasteiger partial charge in [-0.15, -0.1) is 0 Å². The molecular formula is C31H37ClFN5O3. The summed E-state index contributed by atoms with van der Waals surface area (Å²) in [5.74, 6) is 0.580. The summed E-state index contributed by atoms with van der Waals surface area (Å²) < 4.78 is 22.3. The molecule has 8 nitrogen and oxygen atoms in total. The molecule has 2 aromatic carbocycles. The highest BCUT2D eigenvalue weighted by molar-refractivity contribution is 6.31. The first-order valence-electron chi connectivity index (χ1n) is 13.8. The fourth-order valence-electron chi connectivity index (χ4n) is 4.60. The molecule has 2 heterocycles. The lowest BCUT2D eigenvalue weighted by atomic mass is 10.00. The first-order chi connectivity index (χ1) is 19.6. The second kappa shape index (κ2) is 13.9. The number of ether oxygens (including phenoxy) is 1. The summed E-state index contributed by atoms with van der Waals surface area (Å²) in [4.78, 5) is 24.3. The third kappa shape index (κ3) is 8.03. The molecule has 0 aliphatic carbocycles. The molecule has 4 aromatic rings. The van der Waals surface area contributed by atoms with Crippen LogP contribution in [0.4, 0.5) is 4.39 Å². The second-order valence-electron chi connectivity index (χ2n) is 10.7. The molecule has 4 rings (SSSR count). The van der Waals surface area contributed by atoms with Gasteiger partial charge in [0.1, 0.15) is 5.65 Å². The van der Waals surface area contributed by atoms with Crippen molar-refractivity contribution in [3.63, 3.8) is 0 Å². The van der Waals surface area contributed by atoms with E-state index in [0.29, 0.717) is 59.3 Å². The summed E-state index contributed by atoms with van der Waals surface area (Å²) in [6.45, 7) is 6.74. The van der Waals surface area contributed by atoms with E-state index in [-0.39, 0.29) is 17.7 Å². The van der Waals surface area contributed by atoms with Gasteiger partial charge in [0.2, 0.25) is 0 Å². The Morgan fingerprint density at radius 1 is 1.20 bits per heavy atom. The van der Waals surface area contributed by atoms with Crippen LogP contribution in [0.2, 0.25) is 5.02 Å². The van der Waals surface area contributed by atoms with Crippen LogP contribution in [0.15, 0.2) is 58.4 Å². The maximum absolute atomic E-state index is 15.1. The lowest BCUT2D eigenvalue weighted by molar-refractivity contribution is -0.000536. The quantitative estimate of drug-likeness (QED) is 0.136. The zero-order chi connectivity index (χ0) is 29.5. The highest BCUT2D eigenvalue weighted by atomic mass is 35.5. The van der Waals surface area contributed by atoms with E-state index in [9.17, 15) is 9.90 Å². The number of halogens is 2. The number of rotatable bonds is 13. The van der Waals surface area contributed by atoms with E-state index in [1.807, 2.05) is 18.2 Å². The number of aliphatic hydroxyl groups is 1. The predicted molar refractivity (Wildman–Crippen MR) is 162 cm³/mol. The molecule has 0 aliphatic rings. The third-order valence-corrected chi connectivity index (χ3v) is 7.12. The second-order valence-corrected chi connectivity index (χ2v) is 11.1. The van der Waals surface area contributed by atoms with Crippen molar-refractivity contribution in [1.29, 1.82) is 0 Å². The number of aliphatic hydroxyl groups excluding tert-OH is 1. The minimum atomic E-state index is -0.510. The van der Waals surface area contributed by atoms with Gasteiger partial charge in [0.15, 0.2) is 5.82 Å². The fourth-order valence-corrected chi connectivity index (χ4v) is 4.85. The molecule has 0 bridgehead atoms. The maximum Gasteiger partial charge on any atom is 0.354 e. The fraction of sp³-hybridized carbons (Fsp3) is 0.387. The first kappa shape index (κ1) is 30.4. The van der Waals surface area contributed by atoms with Gasteiger partial charge in [-0.25, -0.2) is 9.18 Å². The molecule has 10 heteroatoms. The van der Waals surface area contributed by atoms with E-state index in [0.717, 1.165) is 30.4 Å². The van der Waals surface area contributed by atoms with Crippen LogP contribution < -0.4 is 11.4 Å². The zero-order valence-electron chi connectivity index (χ0n) is 23.7. The number of aryl methyl sites for hydroxylation is 1. The van der Waals surface area contributed by atoms with E-state index < -0.39 is 11.5 Å². The number of benzene rings is 2. The molecule has 0 aliphatic heterocycles. The Hall–Kier alpha value is -3.53. The zero-order valence-corrected chi connectivity index (χ0v) is 24.4. The van der Waals surface area contributed by atoms with Crippen molar-refractivity contribution in [2.45, 2.75) is 59.2 Å². The highest BCUT2D eigenvalue weighted by Gasteiger charge is 2.16. The van der Waals surface area contributed by atoms with Crippen LogP contribution in [0.5, 0.6) is 0 Å². The number of amidine groups is 1. The number of hydrogen-bond acceptors (Lipinski definition) is 5. The van der Waals surface area contributed by atoms with Gasteiger partial charge in [-0.3, -0.25) is 9.56 Å². The normalized spacial score (nSPS) is 12.9. The summed E-state index contributed by atoms with van der Waals surface area (Å²) in [5.41, 5.74) is 8.80. The van der Waals surface area contributed by atoms with Crippen LogP contribution >= 0.6 is 11.6 Å². The molecule has 1 atom stereocenters. The number of hydrogen-bond donors (Lipinski definition) is 3. The van der Waals surface area contributed by atoms with Crippen molar-refractivity contribution in [2.24, 2.45) is 16.6 Å². The number of nitrogens with one attached hydrogen (secondary N) is 1. The Balaban J connectivity index is 1.52. The average Bonchev–Trinajstić information content (AvgIpc) is 3.34. The van der Waals surface area contributed by atoms with Crippen molar-refractivity contribution in [3.05, 3.63) is 81.1 Å². The molecule has 2 aromatic heterocycles. The lowest BCUT2D eigenvalue weighted by Crippen LogP contribution is -2.21. The molecule has 0 unspecified atom stereocenters. The van der Waals surface area contributed by atoms with Crippen molar-refractivity contribution in [1.82, 2.24) is 14.5 Å². The van der Waals surface area contributed by atoms with Gasteiger partial charge in [-0.1, -0.05) is 44.0 Å². The Kier molecular flexibility index (Phi) is 10.3. The monoisotopic (exact) mass is 581 g/mol. The van der Waals surface area contributed by atoms with Gasteiger partial charge in [0.25, 0.3) is 0 Å². The van der Waals surface area contributed by atoms with Crippen molar-refractivity contribution in [3.8, 4) is 16.9 Å². The van der Waals surface area contributed by atoms with Crippen LogP contribution in [-0.4, -0.2) is 44.7 Å². The average molecular weight is 582 g/mol. The molecule has 0 radical (unpaired) electrons. The number of fused-ring (bicyclic) bond motifs is 1. The maximum atomic E-state index is 15.1. The Morgan fingerprint density at radius 3 is 2.63 bits per heavy atom. The number of aromatic amines is 1. The van der Waals surface area contributed by atoms with E-state index in [4.69, 9.17) is 22.1 Å². The van der Waals surface area contributed by atoms with Crippen molar-refractivity contribution < 1.29 is 14.2 Å². The van der Waals surface area contributed by atoms with Gasteiger partial charge in [-0.05, 0) is 73.6 Å². The number of aliphatic imine (C=N–C) groups is 1. The molecule has 4 N–H and O–H groups in total. The number of aromatic nitrogens is 3. The number of H-pyrrole nitrogens is 1. The van der Waals surface area contributed by atoms with Crippen LogP contribution in [-0.2, 0) is 17.8 Å². The van der Waals surface area contributed by atoms with Crippen LogP contribution in [0, 0.1) is 11.7 Å². The van der Waals surface area contributed by atoms with E-state index in [1.165, 1.54) is 4.57 Å². The largest absolute Gasteiger partial charge is 0.394 e. The Morgan fingerprint density at radius 2 is 1.95 bits per heavy atom. The SMILES string of the molecule is CC(N)=NCC[C@H](CO)OCc1ccc(-n2cc3cc(-c4cc(CCCC(C)C)cc(Cl)c4F)[nH]c3nc2=O)cc1. The van der Waals surface area contributed by atoms with Crippen molar-refractivity contribution in [2.75, 3.05) is 13.2 Å². The minimum absolute atomic E-state index is 0.0711. The van der Waals surface area contributed by atoms with Crippen molar-refractivity contribution >= 4 is 28.5 Å². The number of nitrogens with two attached hydrogens (primary N) is 1. The lowest BCUT2D eigenvalue weighted by Gasteiger charge is -2.15. The molecule has 0 amide bonds. The van der Waals surface area contributed by atoms with Crippen LogP contribution in [0.25, 0.3) is 28.0 Å². The molecule has 0 saturated carbocycles. The standard InChI is InChI=1S/C31H37ClFN5O3/c1-19(2)5-4-6-22-13-26(29(33)27(32)14-22)28-15-23-16-38(31(40)37-30(23)36-28)24-9-7-21(8-10-24)18-41-25(17-39)11-12-35-20(3)34/h7-10,13-16,19,25,39H,4-6,11-12,17-18H2,1-3H3,(H2,34,35)(H,36,37,40)/t25-/m1/s1. The molecule has 218 valence electrons. The Labute approximate surface area is 244 Å². The molecule has 0 fully saturated rings. The number of nitrogens with zero attached hydrogens (tertiary/aromatic N) is 3. The predicted octanol–water partition coefficient (Wildman–Crippen LogP) is 5.80. The summed E-state index contributed by atoms with van der Waals surface area (Å²) in [5, 5.41) is 10.3. The molecular weight excluding hydrogens is 545 g/mol. The highest BCUT2D eigenvalue weighted by Crippen LogP contribution is 2.31. The van der Waals surface area contributed by atoms with Gasteiger partial charge in [0.05, 0.1) is 41.6 Å². The molecule has 0 saturated heterocycles. The molecule has 41 heavy (non-hydrogen) atoms. The summed E-state index contributed by atoms with van der Waals surface area (Å²) in [6.07, 6.45) is 4.76. The Bertz CT molecular complexity index is 1560. The molecule has 0 spiro atoms. The third-order valence-electron chi connectivity index (χ3n) is 6.85. The summed E-state index contributed by atoms with van der Waals surface area (Å²) in [6, 6.07) is 12.6. The van der Waals surface area contributed by atoms with E-state index >= 15 is 4.39 Å². The van der Waals surface area contributed by atoms with Gasteiger partial charge in [0, 0.05) is 23.7 Å². The summed E-state index contributed by atoms with van der Waals surface area (Å²) in [7, 11) is 0. The van der Waals surface area contributed by atoms with E-state index in [2.05, 4.69) is 28.8 Å². The van der Waals surface area contributed by atoms with Gasteiger partial charge < -0.3 is 20.6 Å². The van der Waals surface area contributed by atoms with Gasteiger partial charge >= 0.3 is 5.69 Å². The minimum Gasteiger partial charge on any atom is -0.394 e. The van der Waals surface area contributed by atoms with Gasteiger partial charge in [-0.2, -0.15) is 4.98 Å². The first-order valence-corrected chi connectivity index (χ1v) is 14.2. The van der Waals surface area contributed by atoms with E-state index in [1.54, 1.807) is 37.4 Å². The van der Waals surface area contributed by atoms with Crippen LogP contribution in [0.1, 0.15) is 51.2 Å².